The number of amides is 2. The molecule has 4 aromatic heterocycles. The lowest BCUT2D eigenvalue weighted by molar-refractivity contribution is 0.101. The summed E-state index contributed by atoms with van der Waals surface area (Å²) < 4.78 is 1.68. The van der Waals surface area contributed by atoms with Gasteiger partial charge in [0.1, 0.15) is 5.82 Å². The summed E-state index contributed by atoms with van der Waals surface area (Å²) in [7, 11) is 1.81. The van der Waals surface area contributed by atoms with Crippen LogP contribution in [0.5, 0.6) is 0 Å². The Balaban J connectivity index is 1.46. The second kappa shape index (κ2) is 8.87. The predicted octanol–water partition coefficient (Wildman–Crippen LogP) is 4.90. The summed E-state index contributed by atoms with van der Waals surface area (Å²) >= 11 is 1.55. The molecule has 8 nitrogen and oxygen atoms in total. The van der Waals surface area contributed by atoms with E-state index in [1.165, 1.54) is 0 Å². The number of rotatable bonds is 5. The molecule has 0 atom stereocenters. The fourth-order valence-electron chi connectivity index (χ4n) is 3.74. The molecule has 0 aliphatic rings. The van der Waals surface area contributed by atoms with Crippen molar-refractivity contribution < 1.29 is 9.59 Å². The van der Waals surface area contributed by atoms with E-state index >= 15 is 0 Å². The number of hydrogen-bond donors (Lipinski definition) is 2. The number of fused-ring (bicyclic) bond motifs is 1. The number of hydrogen-bond acceptors (Lipinski definition) is 6. The lowest BCUT2D eigenvalue weighted by atomic mass is 10.1. The Bertz CT molecular complexity index is 1510. The third kappa shape index (κ3) is 4.16. The van der Waals surface area contributed by atoms with E-state index in [2.05, 4.69) is 20.7 Å². The SMILES string of the molecule is Cc1nn(C)c2nc(-c3cccs3)cc(C(=O)Nc3cccc(C(=O)Nc4ccccn4)c3)c12. The molecule has 1 aromatic carbocycles. The second-order valence-corrected chi connectivity index (χ2v) is 8.59. The zero-order valence-electron chi connectivity index (χ0n) is 18.4. The number of pyridine rings is 2. The molecule has 4 heterocycles. The molecule has 34 heavy (non-hydrogen) atoms. The van der Waals surface area contributed by atoms with Crippen molar-refractivity contribution in [3.8, 4) is 10.6 Å². The molecule has 0 spiro atoms. The van der Waals surface area contributed by atoms with E-state index in [0.717, 1.165) is 10.6 Å². The van der Waals surface area contributed by atoms with Crippen LogP contribution in [0.15, 0.2) is 72.2 Å². The van der Waals surface area contributed by atoms with Crippen molar-refractivity contribution in [1.29, 1.82) is 0 Å². The minimum Gasteiger partial charge on any atom is -0.322 e. The van der Waals surface area contributed by atoms with Gasteiger partial charge >= 0.3 is 0 Å². The maximum absolute atomic E-state index is 13.4. The largest absolute Gasteiger partial charge is 0.322 e. The molecule has 0 aliphatic heterocycles. The van der Waals surface area contributed by atoms with Gasteiger partial charge in [0.25, 0.3) is 11.8 Å². The summed E-state index contributed by atoms with van der Waals surface area (Å²) in [6.45, 7) is 1.86. The molecule has 0 saturated heterocycles. The van der Waals surface area contributed by atoms with Crippen LogP contribution in [-0.4, -0.2) is 31.6 Å². The van der Waals surface area contributed by atoms with E-state index in [-0.39, 0.29) is 11.8 Å². The molecule has 168 valence electrons. The molecule has 0 saturated carbocycles. The summed E-state index contributed by atoms with van der Waals surface area (Å²) in [6, 6.07) is 17.7. The standard InChI is InChI=1S/C25H20N6O2S/c1-15-22-18(14-19(20-9-6-12-34-20)28-23(22)31(2)30-15)25(33)27-17-8-5-7-16(13-17)24(32)29-21-10-3-4-11-26-21/h3-14H,1-2H3,(H,27,33)(H,26,29,32). The van der Waals surface area contributed by atoms with Crippen LogP contribution < -0.4 is 10.6 Å². The average Bonchev–Trinajstić information content (AvgIpc) is 3.48. The van der Waals surface area contributed by atoms with Gasteiger partial charge in [-0.25, -0.2) is 9.97 Å². The highest BCUT2D eigenvalue weighted by Gasteiger charge is 2.20. The number of aromatic nitrogens is 4. The Morgan fingerprint density at radius 3 is 2.62 bits per heavy atom. The second-order valence-electron chi connectivity index (χ2n) is 7.64. The number of nitrogens with one attached hydrogen (secondary N) is 2. The number of carbonyl (C=O) groups is 2. The number of anilines is 2. The van der Waals surface area contributed by atoms with E-state index < -0.39 is 0 Å². The maximum atomic E-state index is 13.4. The molecule has 9 heteroatoms. The Morgan fingerprint density at radius 1 is 0.971 bits per heavy atom. The van der Waals surface area contributed by atoms with Crippen molar-refractivity contribution >= 4 is 45.7 Å². The number of nitrogens with zero attached hydrogens (tertiary/aromatic N) is 4. The molecule has 0 radical (unpaired) electrons. The van der Waals surface area contributed by atoms with Gasteiger partial charge in [-0.1, -0.05) is 18.2 Å². The minimum atomic E-state index is -0.316. The van der Waals surface area contributed by atoms with Gasteiger partial charge in [-0.3, -0.25) is 14.3 Å². The summed E-state index contributed by atoms with van der Waals surface area (Å²) in [4.78, 5) is 35.8. The zero-order valence-corrected chi connectivity index (χ0v) is 19.3. The molecule has 0 unspecified atom stereocenters. The first-order chi connectivity index (χ1) is 16.5. The van der Waals surface area contributed by atoms with Crippen molar-refractivity contribution in [2.75, 3.05) is 10.6 Å². The van der Waals surface area contributed by atoms with Crippen molar-refractivity contribution in [2.45, 2.75) is 6.92 Å². The summed E-state index contributed by atoms with van der Waals surface area (Å²) in [5.74, 6) is -0.165. The maximum Gasteiger partial charge on any atom is 0.256 e. The number of thiophene rings is 1. The molecule has 0 aliphatic carbocycles. The van der Waals surface area contributed by atoms with Crippen LogP contribution in [0.25, 0.3) is 21.6 Å². The molecule has 5 rings (SSSR count). The quantitative estimate of drug-likeness (QED) is 0.382. The number of benzene rings is 1. The number of aryl methyl sites for hydroxylation is 2. The summed E-state index contributed by atoms with van der Waals surface area (Å²) in [5.41, 5.74) is 3.44. The van der Waals surface area contributed by atoms with Crippen molar-refractivity contribution in [2.24, 2.45) is 7.05 Å². The highest BCUT2D eigenvalue weighted by molar-refractivity contribution is 7.13. The lowest BCUT2D eigenvalue weighted by Gasteiger charge is -2.10. The lowest BCUT2D eigenvalue weighted by Crippen LogP contribution is -2.15. The van der Waals surface area contributed by atoms with Crippen LogP contribution in [0, 0.1) is 6.92 Å². The van der Waals surface area contributed by atoms with Crippen LogP contribution in [0.1, 0.15) is 26.4 Å². The van der Waals surface area contributed by atoms with Crippen LogP contribution in [-0.2, 0) is 7.05 Å². The Hall–Kier alpha value is -4.37. The minimum absolute atomic E-state index is 0.302. The smallest absolute Gasteiger partial charge is 0.256 e. The van der Waals surface area contributed by atoms with E-state index in [1.54, 1.807) is 70.7 Å². The van der Waals surface area contributed by atoms with Gasteiger partial charge in [-0.2, -0.15) is 5.10 Å². The predicted molar refractivity (Wildman–Crippen MR) is 133 cm³/mol. The van der Waals surface area contributed by atoms with E-state index in [0.29, 0.717) is 39.4 Å². The first-order valence-electron chi connectivity index (χ1n) is 10.5. The Morgan fingerprint density at radius 2 is 1.85 bits per heavy atom. The molecular formula is C25H20N6O2S. The highest BCUT2D eigenvalue weighted by Crippen LogP contribution is 2.29. The molecule has 5 aromatic rings. The molecule has 2 amide bonds. The third-order valence-electron chi connectivity index (χ3n) is 5.28. The van der Waals surface area contributed by atoms with Gasteiger partial charge in [0.05, 0.1) is 27.2 Å². The van der Waals surface area contributed by atoms with Gasteiger partial charge in [-0.15, -0.1) is 11.3 Å². The van der Waals surface area contributed by atoms with Gasteiger partial charge in [0.2, 0.25) is 0 Å². The first kappa shape index (κ1) is 21.5. The van der Waals surface area contributed by atoms with Gasteiger partial charge in [-0.05, 0) is 54.8 Å². The van der Waals surface area contributed by atoms with E-state index in [9.17, 15) is 9.59 Å². The number of carbonyl (C=O) groups excluding carboxylic acids is 2. The van der Waals surface area contributed by atoms with Crippen molar-refractivity contribution in [1.82, 2.24) is 19.7 Å². The summed E-state index contributed by atoms with van der Waals surface area (Å²) in [6.07, 6.45) is 1.60. The fourth-order valence-corrected chi connectivity index (χ4v) is 4.42. The Labute approximate surface area is 199 Å². The monoisotopic (exact) mass is 468 g/mol. The van der Waals surface area contributed by atoms with Crippen LogP contribution in [0.2, 0.25) is 0 Å². The van der Waals surface area contributed by atoms with Gasteiger partial charge < -0.3 is 10.6 Å². The van der Waals surface area contributed by atoms with E-state index in [4.69, 9.17) is 4.98 Å². The fraction of sp³-hybridized carbons (Fsp3) is 0.0800. The van der Waals surface area contributed by atoms with E-state index in [1.807, 2.05) is 31.5 Å². The van der Waals surface area contributed by atoms with Crippen LogP contribution >= 0.6 is 11.3 Å². The van der Waals surface area contributed by atoms with Crippen LogP contribution in [0.4, 0.5) is 11.5 Å². The van der Waals surface area contributed by atoms with Gasteiger partial charge in [0, 0.05) is 24.5 Å². The molecule has 0 bridgehead atoms. The van der Waals surface area contributed by atoms with Crippen molar-refractivity contribution in [3.63, 3.8) is 0 Å². The normalized spacial score (nSPS) is 10.9. The van der Waals surface area contributed by atoms with Crippen molar-refractivity contribution in [3.05, 3.63) is 89.1 Å². The topological polar surface area (TPSA) is 102 Å². The third-order valence-corrected chi connectivity index (χ3v) is 6.17. The molecule has 2 N–H and O–H groups in total. The molecular weight excluding hydrogens is 448 g/mol. The summed E-state index contributed by atoms with van der Waals surface area (Å²) in [5, 5.41) is 12.8. The Kier molecular flexibility index (Phi) is 5.60. The first-order valence-corrected chi connectivity index (χ1v) is 11.4. The molecule has 0 fully saturated rings. The highest BCUT2D eigenvalue weighted by atomic mass is 32.1. The van der Waals surface area contributed by atoms with Gasteiger partial charge in [0.15, 0.2) is 5.65 Å². The zero-order chi connectivity index (χ0) is 23.7. The van der Waals surface area contributed by atoms with Crippen LogP contribution in [0.3, 0.4) is 0 Å². The average molecular weight is 469 g/mol.